The molecule has 16 heavy (non-hydrogen) atoms. The van der Waals surface area contributed by atoms with E-state index in [9.17, 15) is 0 Å². The van der Waals surface area contributed by atoms with Crippen molar-refractivity contribution in [1.82, 2.24) is 0 Å². The lowest BCUT2D eigenvalue weighted by molar-refractivity contribution is 0.0498. The van der Waals surface area contributed by atoms with E-state index in [-0.39, 0.29) is 5.41 Å². The average molecular weight is 219 g/mol. The van der Waals surface area contributed by atoms with Crippen molar-refractivity contribution in [3.63, 3.8) is 0 Å². The SMILES string of the molecule is CO[C@H]1CC[C@@](CN)(c2ccccc2)CC1. The lowest BCUT2D eigenvalue weighted by atomic mass is 9.69. The topological polar surface area (TPSA) is 35.2 Å². The van der Waals surface area contributed by atoms with E-state index in [1.54, 1.807) is 0 Å². The van der Waals surface area contributed by atoms with Crippen LogP contribution >= 0.6 is 0 Å². The molecule has 0 aromatic heterocycles. The molecule has 2 nitrogen and oxygen atoms in total. The minimum atomic E-state index is 0.191. The Bertz CT molecular complexity index is 315. The zero-order chi connectivity index (χ0) is 11.4. The number of methoxy groups -OCH3 is 1. The summed E-state index contributed by atoms with van der Waals surface area (Å²) in [7, 11) is 1.81. The number of hydrogen-bond acceptors (Lipinski definition) is 2. The summed E-state index contributed by atoms with van der Waals surface area (Å²) in [4.78, 5) is 0. The molecule has 0 aliphatic heterocycles. The molecule has 2 heteroatoms. The highest BCUT2D eigenvalue weighted by Gasteiger charge is 2.35. The van der Waals surface area contributed by atoms with Crippen LogP contribution in [0.2, 0.25) is 0 Å². The van der Waals surface area contributed by atoms with Crippen LogP contribution in [0, 0.1) is 0 Å². The summed E-state index contributed by atoms with van der Waals surface area (Å²) in [5.74, 6) is 0. The van der Waals surface area contributed by atoms with Crippen molar-refractivity contribution in [2.45, 2.75) is 37.2 Å². The van der Waals surface area contributed by atoms with E-state index in [2.05, 4.69) is 30.3 Å². The first-order chi connectivity index (χ1) is 7.80. The summed E-state index contributed by atoms with van der Waals surface area (Å²) in [6.45, 7) is 0.743. The molecule has 2 rings (SSSR count). The van der Waals surface area contributed by atoms with E-state index < -0.39 is 0 Å². The van der Waals surface area contributed by atoms with Crippen molar-refractivity contribution >= 4 is 0 Å². The standard InChI is InChI=1S/C14H21NO/c1-16-13-7-9-14(11-15,10-8-13)12-5-3-2-4-6-12/h2-6,13H,7-11,15H2,1H3/t13-,14+. The van der Waals surface area contributed by atoms with Crippen LogP contribution in [-0.2, 0) is 10.2 Å². The van der Waals surface area contributed by atoms with Crippen molar-refractivity contribution in [2.24, 2.45) is 5.73 Å². The van der Waals surface area contributed by atoms with Crippen LogP contribution in [0.1, 0.15) is 31.2 Å². The Morgan fingerprint density at radius 3 is 2.38 bits per heavy atom. The van der Waals surface area contributed by atoms with E-state index in [0.29, 0.717) is 6.10 Å². The van der Waals surface area contributed by atoms with Crippen LogP contribution in [0.25, 0.3) is 0 Å². The van der Waals surface area contributed by atoms with Crippen molar-refractivity contribution < 1.29 is 4.74 Å². The third kappa shape index (κ3) is 2.13. The Hall–Kier alpha value is -0.860. The third-order valence-electron chi connectivity index (χ3n) is 4.00. The summed E-state index contributed by atoms with van der Waals surface area (Å²) in [6, 6.07) is 10.7. The number of benzene rings is 1. The zero-order valence-corrected chi connectivity index (χ0v) is 9.99. The second kappa shape index (κ2) is 4.98. The molecule has 1 aliphatic carbocycles. The van der Waals surface area contributed by atoms with Gasteiger partial charge in [0.25, 0.3) is 0 Å². The van der Waals surface area contributed by atoms with Gasteiger partial charge in [-0.25, -0.2) is 0 Å². The molecule has 1 saturated carbocycles. The molecular formula is C14H21NO. The first-order valence-electron chi connectivity index (χ1n) is 6.09. The minimum Gasteiger partial charge on any atom is -0.381 e. The van der Waals surface area contributed by atoms with Gasteiger partial charge < -0.3 is 10.5 Å². The van der Waals surface area contributed by atoms with Crippen molar-refractivity contribution in [2.75, 3.05) is 13.7 Å². The summed E-state index contributed by atoms with van der Waals surface area (Å²) in [5, 5.41) is 0. The monoisotopic (exact) mass is 219 g/mol. The summed E-state index contributed by atoms with van der Waals surface area (Å²) in [5.41, 5.74) is 7.60. The van der Waals surface area contributed by atoms with Gasteiger partial charge in [0.05, 0.1) is 6.10 Å². The Balaban J connectivity index is 2.16. The smallest absolute Gasteiger partial charge is 0.0572 e. The second-order valence-electron chi connectivity index (χ2n) is 4.79. The predicted octanol–water partition coefficient (Wildman–Crippen LogP) is 2.47. The van der Waals surface area contributed by atoms with Gasteiger partial charge in [-0.3, -0.25) is 0 Å². The Morgan fingerprint density at radius 2 is 1.88 bits per heavy atom. The fourth-order valence-electron chi connectivity index (χ4n) is 2.78. The minimum absolute atomic E-state index is 0.191. The molecule has 0 unspecified atom stereocenters. The summed E-state index contributed by atoms with van der Waals surface area (Å²) >= 11 is 0. The highest BCUT2D eigenvalue weighted by atomic mass is 16.5. The van der Waals surface area contributed by atoms with E-state index >= 15 is 0 Å². The van der Waals surface area contributed by atoms with Crippen LogP contribution in [-0.4, -0.2) is 19.8 Å². The normalized spacial score (nSPS) is 30.2. The van der Waals surface area contributed by atoms with Crippen LogP contribution in [0.4, 0.5) is 0 Å². The maximum absolute atomic E-state index is 6.02. The van der Waals surface area contributed by atoms with Crippen molar-refractivity contribution in [3.8, 4) is 0 Å². The molecule has 0 atom stereocenters. The van der Waals surface area contributed by atoms with E-state index in [1.807, 2.05) is 7.11 Å². The fourth-order valence-corrected chi connectivity index (χ4v) is 2.78. The summed E-state index contributed by atoms with van der Waals surface area (Å²) < 4.78 is 5.42. The van der Waals surface area contributed by atoms with Crippen molar-refractivity contribution in [1.29, 1.82) is 0 Å². The van der Waals surface area contributed by atoms with Crippen LogP contribution in [0.3, 0.4) is 0 Å². The average Bonchev–Trinajstić information content (AvgIpc) is 2.40. The number of hydrogen-bond donors (Lipinski definition) is 1. The molecule has 0 bridgehead atoms. The van der Waals surface area contributed by atoms with E-state index in [1.165, 1.54) is 5.56 Å². The molecule has 1 aliphatic rings. The van der Waals surface area contributed by atoms with E-state index in [0.717, 1.165) is 32.2 Å². The van der Waals surface area contributed by atoms with Crippen LogP contribution in [0.15, 0.2) is 30.3 Å². The molecule has 0 radical (unpaired) electrons. The van der Waals surface area contributed by atoms with Crippen LogP contribution < -0.4 is 5.73 Å². The molecule has 0 spiro atoms. The Labute approximate surface area is 97.8 Å². The molecule has 1 aromatic carbocycles. The lowest BCUT2D eigenvalue weighted by Crippen LogP contribution is -2.40. The first-order valence-corrected chi connectivity index (χ1v) is 6.09. The Kier molecular flexibility index (Phi) is 3.62. The molecule has 88 valence electrons. The largest absolute Gasteiger partial charge is 0.381 e. The van der Waals surface area contributed by atoms with Crippen molar-refractivity contribution in [3.05, 3.63) is 35.9 Å². The summed E-state index contributed by atoms with van der Waals surface area (Å²) in [6.07, 6.45) is 4.98. The number of rotatable bonds is 3. The third-order valence-corrected chi connectivity index (χ3v) is 4.00. The van der Waals surface area contributed by atoms with Gasteiger partial charge in [-0.1, -0.05) is 30.3 Å². The van der Waals surface area contributed by atoms with Gasteiger partial charge in [-0.2, -0.15) is 0 Å². The van der Waals surface area contributed by atoms with Gasteiger partial charge in [0, 0.05) is 19.1 Å². The predicted molar refractivity (Wildman–Crippen MR) is 66.4 cm³/mol. The van der Waals surface area contributed by atoms with Gasteiger partial charge in [0.15, 0.2) is 0 Å². The quantitative estimate of drug-likeness (QED) is 0.847. The van der Waals surface area contributed by atoms with Gasteiger partial charge in [0.1, 0.15) is 0 Å². The molecule has 1 aromatic rings. The van der Waals surface area contributed by atoms with Gasteiger partial charge in [0.2, 0.25) is 0 Å². The molecular weight excluding hydrogens is 198 g/mol. The highest BCUT2D eigenvalue weighted by molar-refractivity contribution is 5.26. The first kappa shape index (κ1) is 11.6. The highest BCUT2D eigenvalue weighted by Crippen LogP contribution is 2.39. The van der Waals surface area contributed by atoms with Crippen LogP contribution in [0.5, 0.6) is 0 Å². The lowest BCUT2D eigenvalue weighted by Gasteiger charge is -2.39. The second-order valence-corrected chi connectivity index (χ2v) is 4.79. The molecule has 0 amide bonds. The Morgan fingerprint density at radius 1 is 1.25 bits per heavy atom. The number of nitrogens with two attached hydrogens (primary N) is 1. The maximum atomic E-state index is 6.02. The molecule has 1 fully saturated rings. The zero-order valence-electron chi connectivity index (χ0n) is 9.99. The molecule has 0 saturated heterocycles. The van der Waals surface area contributed by atoms with E-state index in [4.69, 9.17) is 10.5 Å². The van der Waals surface area contributed by atoms with Gasteiger partial charge >= 0.3 is 0 Å². The fraction of sp³-hybridized carbons (Fsp3) is 0.571. The molecule has 2 N–H and O–H groups in total. The molecule has 0 heterocycles. The van der Waals surface area contributed by atoms with Gasteiger partial charge in [-0.05, 0) is 31.2 Å². The van der Waals surface area contributed by atoms with Gasteiger partial charge in [-0.15, -0.1) is 0 Å². The maximum Gasteiger partial charge on any atom is 0.0572 e. The number of ether oxygens (including phenoxy) is 1.